The van der Waals surface area contributed by atoms with Crippen molar-refractivity contribution in [3.8, 4) is 0 Å². The van der Waals surface area contributed by atoms with Crippen LogP contribution in [0.4, 0.5) is 0 Å². The van der Waals surface area contributed by atoms with Crippen LogP contribution in [0.5, 0.6) is 0 Å². The number of hydrogen-bond donors (Lipinski definition) is 2. The van der Waals surface area contributed by atoms with E-state index >= 15 is 0 Å². The molecule has 1 saturated carbocycles. The van der Waals surface area contributed by atoms with Gasteiger partial charge in [-0.25, -0.2) is 0 Å². The van der Waals surface area contributed by atoms with E-state index in [1.54, 1.807) is 0 Å². The number of rotatable bonds is 9. The molecule has 1 aliphatic carbocycles. The number of nitrogens with zero attached hydrogens (tertiary/aromatic N) is 1. The normalized spacial score (nSPS) is 16.0. The molecule has 1 amide bonds. The summed E-state index contributed by atoms with van der Waals surface area (Å²) >= 11 is 0. The molecule has 122 valence electrons. The molecule has 1 rings (SSSR count). The Labute approximate surface area is 126 Å². The number of methoxy groups -OCH3 is 1. The fraction of sp³-hybridized carbons (Fsp3) is 0.867. The van der Waals surface area contributed by atoms with Gasteiger partial charge < -0.3 is 15.2 Å². The maximum Gasteiger partial charge on any atom is 0.305 e. The second-order valence-electron chi connectivity index (χ2n) is 5.52. The lowest BCUT2D eigenvalue weighted by atomic mass is 9.94. The molecule has 6 heteroatoms. The van der Waals surface area contributed by atoms with Crippen molar-refractivity contribution in [3.63, 3.8) is 0 Å². The molecular formula is C15H28N2O4. The minimum atomic E-state index is -0.256. The Morgan fingerprint density at radius 3 is 2.62 bits per heavy atom. The van der Waals surface area contributed by atoms with Crippen molar-refractivity contribution < 1.29 is 19.4 Å². The summed E-state index contributed by atoms with van der Waals surface area (Å²) in [4.78, 5) is 25.0. The zero-order chi connectivity index (χ0) is 15.5. The average molecular weight is 300 g/mol. The topological polar surface area (TPSA) is 78.9 Å². The van der Waals surface area contributed by atoms with Crippen LogP contribution < -0.4 is 5.32 Å². The van der Waals surface area contributed by atoms with Crippen LogP contribution in [0.25, 0.3) is 0 Å². The Kier molecular flexibility index (Phi) is 9.01. The second kappa shape index (κ2) is 10.6. The largest absolute Gasteiger partial charge is 0.469 e. The van der Waals surface area contributed by atoms with E-state index in [1.807, 2.05) is 0 Å². The number of ether oxygens (including phenoxy) is 1. The molecule has 0 aliphatic heterocycles. The standard InChI is InChI=1S/C15H28N2O4/c1-21-15(20)8-5-9-16-14(19)12-17(10-11-18)13-6-3-2-4-7-13/h13,18H,2-12H2,1H3,(H,16,19). The molecule has 0 bridgehead atoms. The number of carbonyl (C=O) groups is 2. The first-order valence-electron chi connectivity index (χ1n) is 7.85. The monoisotopic (exact) mass is 300 g/mol. The molecule has 0 aromatic heterocycles. The second-order valence-corrected chi connectivity index (χ2v) is 5.52. The Balaban J connectivity index is 2.26. The van der Waals surface area contributed by atoms with Gasteiger partial charge in [0.25, 0.3) is 0 Å². The molecule has 0 aromatic rings. The van der Waals surface area contributed by atoms with Gasteiger partial charge in [0.1, 0.15) is 0 Å². The van der Waals surface area contributed by atoms with Gasteiger partial charge in [-0.1, -0.05) is 19.3 Å². The SMILES string of the molecule is COC(=O)CCCNC(=O)CN(CCO)C1CCCCC1. The third-order valence-electron chi connectivity index (χ3n) is 3.93. The third-order valence-corrected chi connectivity index (χ3v) is 3.93. The highest BCUT2D eigenvalue weighted by atomic mass is 16.5. The zero-order valence-corrected chi connectivity index (χ0v) is 13.0. The molecule has 2 N–H and O–H groups in total. The summed E-state index contributed by atoms with van der Waals surface area (Å²) in [5.41, 5.74) is 0. The Bertz CT molecular complexity index is 317. The smallest absolute Gasteiger partial charge is 0.305 e. The van der Waals surface area contributed by atoms with Crippen LogP contribution in [0.1, 0.15) is 44.9 Å². The quantitative estimate of drug-likeness (QED) is 0.484. The number of aliphatic hydroxyl groups excluding tert-OH is 1. The van der Waals surface area contributed by atoms with Crippen LogP contribution in [0.3, 0.4) is 0 Å². The maximum atomic E-state index is 11.9. The number of carbonyl (C=O) groups excluding carboxylic acids is 2. The van der Waals surface area contributed by atoms with Crippen molar-refractivity contribution in [2.75, 3.05) is 33.4 Å². The fourth-order valence-corrected chi connectivity index (χ4v) is 2.77. The van der Waals surface area contributed by atoms with Crippen molar-refractivity contribution in [1.29, 1.82) is 0 Å². The number of nitrogens with one attached hydrogen (secondary N) is 1. The molecular weight excluding hydrogens is 272 g/mol. The summed E-state index contributed by atoms with van der Waals surface area (Å²) < 4.78 is 4.55. The average Bonchev–Trinajstić information content (AvgIpc) is 2.51. The number of aliphatic hydroxyl groups is 1. The molecule has 0 atom stereocenters. The predicted octanol–water partition coefficient (Wildman–Crippen LogP) is 0.683. The highest BCUT2D eigenvalue weighted by molar-refractivity contribution is 5.78. The van der Waals surface area contributed by atoms with E-state index in [1.165, 1.54) is 26.4 Å². The number of esters is 1. The minimum Gasteiger partial charge on any atom is -0.469 e. The highest BCUT2D eigenvalue weighted by Crippen LogP contribution is 2.22. The molecule has 0 spiro atoms. The molecule has 6 nitrogen and oxygen atoms in total. The van der Waals surface area contributed by atoms with Crippen LogP contribution in [-0.2, 0) is 14.3 Å². The van der Waals surface area contributed by atoms with Gasteiger partial charge in [-0.2, -0.15) is 0 Å². The lowest BCUT2D eigenvalue weighted by Crippen LogP contribution is -2.45. The van der Waals surface area contributed by atoms with Gasteiger partial charge in [-0.05, 0) is 19.3 Å². The van der Waals surface area contributed by atoms with E-state index in [4.69, 9.17) is 5.11 Å². The van der Waals surface area contributed by atoms with Crippen molar-refractivity contribution in [1.82, 2.24) is 10.2 Å². The first-order chi connectivity index (χ1) is 10.2. The molecule has 0 aromatic carbocycles. The van der Waals surface area contributed by atoms with E-state index in [-0.39, 0.29) is 18.5 Å². The molecule has 0 saturated heterocycles. The van der Waals surface area contributed by atoms with Crippen molar-refractivity contribution in [3.05, 3.63) is 0 Å². The minimum absolute atomic E-state index is 0.0427. The van der Waals surface area contributed by atoms with Gasteiger partial charge in [0.2, 0.25) is 5.91 Å². The molecule has 1 fully saturated rings. The summed E-state index contributed by atoms with van der Waals surface area (Å²) in [6.07, 6.45) is 6.79. The van der Waals surface area contributed by atoms with Gasteiger partial charge >= 0.3 is 5.97 Å². The Morgan fingerprint density at radius 2 is 2.00 bits per heavy atom. The van der Waals surface area contributed by atoms with E-state index in [0.29, 0.717) is 38.5 Å². The van der Waals surface area contributed by atoms with E-state index < -0.39 is 0 Å². The van der Waals surface area contributed by atoms with Crippen molar-refractivity contribution >= 4 is 11.9 Å². The van der Waals surface area contributed by atoms with Gasteiger partial charge in [0.15, 0.2) is 0 Å². The zero-order valence-electron chi connectivity index (χ0n) is 13.0. The number of hydrogen-bond acceptors (Lipinski definition) is 5. The highest BCUT2D eigenvalue weighted by Gasteiger charge is 2.22. The van der Waals surface area contributed by atoms with Crippen LogP contribution in [0, 0.1) is 0 Å². The van der Waals surface area contributed by atoms with Crippen molar-refractivity contribution in [2.24, 2.45) is 0 Å². The Hall–Kier alpha value is -1.14. The lowest BCUT2D eigenvalue weighted by Gasteiger charge is -2.33. The van der Waals surface area contributed by atoms with Crippen molar-refractivity contribution in [2.45, 2.75) is 51.0 Å². The fourth-order valence-electron chi connectivity index (χ4n) is 2.77. The summed E-state index contributed by atoms with van der Waals surface area (Å²) in [5, 5.41) is 12.0. The van der Waals surface area contributed by atoms with Gasteiger partial charge in [-0.3, -0.25) is 14.5 Å². The molecule has 1 aliphatic rings. The summed E-state index contributed by atoms with van der Waals surface area (Å²) in [5.74, 6) is -0.299. The van der Waals surface area contributed by atoms with Crippen LogP contribution >= 0.6 is 0 Å². The Morgan fingerprint density at radius 1 is 1.29 bits per heavy atom. The van der Waals surface area contributed by atoms with Crippen LogP contribution in [-0.4, -0.2) is 61.3 Å². The number of amides is 1. The maximum absolute atomic E-state index is 11.9. The summed E-state index contributed by atoms with van der Waals surface area (Å²) in [7, 11) is 1.36. The van der Waals surface area contributed by atoms with Crippen LogP contribution in [0.15, 0.2) is 0 Å². The third kappa shape index (κ3) is 7.43. The van der Waals surface area contributed by atoms with Gasteiger partial charge in [0, 0.05) is 25.6 Å². The molecule has 0 radical (unpaired) electrons. The van der Waals surface area contributed by atoms with Crippen LogP contribution in [0.2, 0.25) is 0 Å². The van der Waals surface area contributed by atoms with E-state index in [0.717, 1.165) is 12.8 Å². The lowest BCUT2D eigenvalue weighted by molar-refractivity contribution is -0.140. The first-order valence-corrected chi connectivity index (χ1v) is 7.85. The van der Waals surface area contributed by atoms with Gasteiger partial charge in [0.05, 0.1) is 20.3 Å². The first kappa shape index (κ1) is 17.9. The molecule has 21 heavy (non-hydrogen) atoms. The molecule has 0 heterocycles. The summed E-state index contributed by atoms with van der Waals surface area (Å²) in [6.45, 7) is 1.42. The summed E-state index contributed by atoms with van der Waals surface area (Å²) in [6, 6.07) is 0.409. The van der Waals surface area contributed by atoms with E-state index in [2.05, 4.69) is 15.0 Å². The van der Waals surface area contributed by atoms with E-state index in [9.17, 15) is 9.59 Å². The predicted molar refractivity (Wildman–Crippen MR) is 79.8 cm³/mol. The van der Waals surface area contributed by atoms with Gasteiger partial charge in [-0.15, -0.1) is 0 Å². The molecule has 0 unspecified atom stereocenters.